The van der Waals surface area contributed by atoms with Crippen molar-refractivity contribution >= 4 is 6.09 Å². The zero-order valence-electron chi connectivity index (χ0n) is 8.30. The minimum atomic E-state index is -0.437. The topological polar surface area (TPSA) is 47.6 Å². The molecule has 1 unspecified atom stereocenters. The Morgan fingerprint density at radius 1 is 1.42 bits per heavy atom. The van der Waals surface area contributed by atoms with Crippen LogP contribution in [0.15, 0.2) is 0 Å². The number of nitrogens with one attached hydrogen (secondary N) is 1. The molecule has 0 saturated heterocycles. The summed E-state index contributed by atoms with van der Waals surface area (Å²) < 4.78 is 9.63. The van der Waals surface area contributed by atoms with E-state index in [1.165, 1.54) is 7.11 Å². The standard InChI is InChI=1S/C8H17NO3/c1-6(8(2,3)12-5)9-7(10)11-4/h6H,1-5H3,(H,9,10). The summed E-state index contributed by atoms with van der Waals surface area (Å²) in [7, 11) is 2.94. The van der Waals surface area contributed by atoms with Crippen LogP contribution in [-0.4, -0.2) is 32.0 Å². The highest BCUT2D eigenvalue weighted by atomic mass is 16.5. The fourth-order valence-electron chi connectivity index (χ4n) is 0.586. The van der Waals surface area contributed by atoms with Gasteiger partial charge >= 0.3 is 6.09 Å². The highest BCUT2D eigenvalue weighted by Gasteiger charge is 2.26. The predicted molar refractivity (Wildman–Crippen MR) is 46.1 cm³/mol. The first-order valence-electron chi connectivity index (χ1n) is 3.83. The van der Waals surface area contributed by atoms with Gasteiger partial charge in [-0.3, -0.25) is 0 Å². The highest BCUT2D eigenvalue weighted by molar-refractivity contribution is 5.67. The number of hydrogen-bond acceptors (Lipinski definition) is 3. The molecule has 0 heterocycles. The van der Waals surface area contributed by atoms with Gasteiger partial charge in [0.05, 0.1) is 18.8 Å². The number of hydrogen-bond donors (Lipinski definition) is 1. The molecule has 0 aromatic heterocycles. The minimum absolute atomic E-state index is 0.0880. The van der Waals surface area contributed by atoms with Crippen LogP contribution >= 0.6 is 0 Å². The van der Waals surface area contributed by atoms with Gasteiger partial charge in [0.1, 0.15) is 0 Å². The second-order valence-corrected chi connectivity index (χ2v) is 3.17. The van der Waals surface area contributed by atoms with Crippen LogP contribution in [0.4, 0.5) is 4.79 Å². The van der Waals surface area contributed by atoms with Crippen molar-refractivity contribution in [2.45, 2.75) is 32.4 Å². The van der Waals surface area contributed by atoms with E-state index in [2.05, 4.69) is 10.1 Å². The predicted octanol–water partition coefficient (Wildman–Crippen LogP) is 1.16. The molecule has 0 rings (SSSR count). The first-order chi connectivity index (χ1) is 5.44. The lowest BCUT2D eigenvalue weighted by Gasteiger charge is -2.30. The molecule has 72 valence electrons. The quantitative estimate of drug-likeness (QED) is 0.700. The van der Waals surface area contributed by atoms with E-state index in [0.29, 0.717) is 0 Å². The van der Waals surface area contributed by atoms with Gasteiger partial charge in [0.2, 0.25) is 0 Å². The molecule has 0 aliphatic carbocycles. The van der Waals surface area contributed by atoms with E-state index in [4.69, 9.17) is 4.74 Å². The average Bonchev–Trinajstić information content (AvgIpc) is 2.04. The summed E-state index contributed by atoms with van der Waals surface area (Å²) in [4.78, 5) is 10.8. The number of ether oxygens (including phenoxy) is 2. The second kappa shape index (κ2) is 4.30. The van der Waals surface area contributed by atoms with Crippen LogP contribution in [0.25, 0.3) is 0 Å². The zero-order chi connectivity index (χ0) is 9.78. The van der Waals surface area contributed by atoms with Crippen molar-refractivity contribution in [1.82, 2.24) is 5.32 Å². The SMILES string of the molecule is COC(=O)NC(C)C(C)(C)OC. The molecule has 4 nitrogen and oxygen atoms in total. The second-order valence-electron chi connectivity index (χ2n) is 3.17. The maximum Gasteiger partial charge on any atom is 0.407 e. The number of methoxy groups -OCH3 is 2. The van der Waals surface area contributed by atoms with E-state index in [-0.39, 0.29) is 11.6 Å². The maximum absolute atomic E-state index is 10.8. The molecule has 1 amide bonds. The number of carbonyl (C=O) groups excluding carboxylic acids is 1. The Hall–Kier alpha value is -0.770. The lowest BCUT2D eigenvalue weighted by Crippen LogP contribution is -2.48. The van der Waals surface area contributed by atoms with Gasteiger partial charge in [0.15, 0.2) is 0 Å². The molecule has 1 N–H and O–H groups in total. The number of amides is 1. The van der Waals surface area contributed by atoms with Crippen molar-refractivity contribution in [3.8, 4) is 0 Å². The molecule has 0 aromatic carbocycles. The summed E-state index contributed by atoms with van der Waals surface area (Å²) in [5, 5.41) is 2.63. The molecule has 0 bridgehead atoms. The molecular formula is C8H17NO3. The van der Waals surface area contributed by atoms with Gasteiger partial charge in [0.25, 0.3) is 0 Å². The molecule has 1 atom stereocenters. The van der Waals surface area contributed by atoms with Crippen LogP contribution in [0.5, 0.6) is 0 Å². The van der Waals surface area contributed by atoms with E-state index < -0.39 is 6.09 Å². The van der Waals surface area contributed by atoms with E-state index >= 15 is 0 Å². The van der Waals surface area contributed by atoms with Gasteiger partial charge in [-0.15, -0.1) is 0 Å². The third-order valence-corrected chi connectivity index (χ3v) is 2.09. The summed E-state index contributed by atoms with van der Waals surface area (Å²) >= 11 is 0. The first-order valence-corrected chi connectivity index (χ1v) is 3.83. The van der Waals surface area contributed by atoms with Gasteiger partial charge in [-0.25, -0.2) is 4.79 Å². The lowest BCUT2D eigenvalue weighted by atomic mass is 10.0. The van der Waals surface area contributed by atoms with Crippen molar-refractivity contribution in [2.24, 2.45) is 0 Å². The van der Waals surface area contributed by atoms with Crippen LogP contribution in [0, 0.1) is 0 Å². The largest absolute Gasteiger partial charge is 0.453 e. The van der Waals surface area contributed by atoms with Gasteiger partial charge in [-0.05, 0) is 20.8 Å². The van der Waals surface area contributed by atoms with Crippen molar-refractivity contribution < 1.29 is 14.3 Å². The molecule has 0 aromatic rings. The Kier molecular flexibility index (Phi) is 4.03. The number of rotatable bonds is 3. The van der Waals surface area contributed by atoms with Gasteiger partial charge in [-0.2, -0.15) is 0 Å². The third kappa shape index (κ3) is 3.09. The fraction of sp³-hybridized carbons (Fsp3) is 0.875. The van der Waals surface area contributed by atoms with Gasteiger partial charge in [0, 0.05) is 7.11 Å². The maximum atomic E-state index is 10.8. The normalized spacial score (nSPS) is 13.8. The smallest absolute Gasteiger partial charge is 0.407 e. The Balaban J connectivity index is 4.02. The fourth-order valence-corrected chi connectivity index (χ4v) is 0.586. The van der Waals surface area contributed by atoms with Crippen LogP contribution < -0.4 is 5.32 Å². The first kappa shape index (κ1) is 11.2. The monoisotopic (exact) mass is 175 g/mol. The molecule has 0 spiro atoms. The molecule has 0 fully saturated rings. The van der Waals surface area contributed by atoms with Crippen LogP contribution in [0.1, 0.15) is 20.8 Å². The van der Waals surface area contributed by atoms with Crippen LogP contribution in [0.2, 0.25) is 0 Å². The van der Waals surface area contributed by atoms with Crippen molar-refractivity contribution in [3.05, 3.63) is 0 Å². The van der Waals surface area contributed by atoms with E-state index in [1.807, 2.05) is 20.8 Å². The van der Waals surface area contributed by atoms with Crippen LogP contribution in [0.3, 0.4) is 0 Å². The third-order valence-electron chi connectivity index (χ3n) is 2.09. The van der Waals surface area contributed by atoms with Crippen molar-refractivity contribution in [1.29, 1.82) is 0 Å². The summed E-state index contributed by atoms with van der Waals surface area (Å²) in [6.45, 7) is 5.65. The molecule has 0 saturated carbocycles. The Morgan fingerprint density at radius 2 is 1.92 bits per heavy atom. The number of alkyl carbamates (subject to hydrolysis) is 1. The minimum Gasteiger partial charge on any atom is -0.453 e. The Morgan fingerprint density at radius 3 is 2.25 bits per heavy atom. The molecule has 0 aliphatic rings. The lowest BCUT2D eigenvalue weighted by molar-refractivity contribution is -0.00451. The average molecular weight is 175 g/mol. The van der Waals surface area contributed by atoms with Crippen LogP contribution in [-0.2, 0) is 9.47 Å². The molecule has 12 heavy (non-hydrogen) atoms. The Bertz CT molecular complexity index is 156. The zero-order valence-corrected chi connectivity index (χ0v) is 8.30. The van der Waals surface area contributed by atoms with Gasteiger partial charge in [-0.1, -0.05) is 0 Å². The van der Waals surface area contributed by atoms with E-state index in [1.54, 1.807) is 7.11 Å². The van der Waals surface area contributed by atoms with Crippen molar-refractivity contribution in [3.63, 3.8) is 0 Å². The highest BCUT2D eigenvalue weighted by Crippen LogP contribution is 2.12. The van der Waals surface area contributed by atoms with Crippen molar-refractivity contribution in [2.75, 3.05) is 14.2 Å². The number of carbonyl (C=O) groups is 1. The molecule has 0 aliphatic heterocycles. The summed E-state index contributed by atoms with van der Waals surface area (Å²) in [5.41, 5.74) is -0.381. The Labute approximate surface area is 73.2 Å². The summed E-state index contributed by atoms with van der Waals surface area (Å²) in [6.07, 6.45) is -0.437. The summed E-state index contributed by atoms with van der Waals surface area (Å²) in [5.74, 6) is 0. The van der Waals surface area contributed by atoms with E-state index in [9.17, 15) is 4.79 Å². The molecule has 4 heteroatoms. The summed E-state index contributed by atoms with van der Waals surface area (Å²) in [6, 6.07) is -0.0880. The van der Waals surface area contributed by atoms with Gasteiger partial charge < -0.3 is 14.8 Å². The molecule has 0 radical (unpaired) electrons. The molecular weight excluding hydrogens is 158 g/mol. The van der Waals surface area contributed by atoms with E-state index in [0.717, 1.165) is 0 Å².